The number of rotatable bonds is 5. The lowest BCUT2D eigenvalue weighted by Crippen LogP contribution is -2.38. The standard InChI is InChI=1S/C16H26N4O2S/c1-11-10-23-14-18-12(2)13(20(11)14)9-17-7-8-19(6)15(21)22-16(3,4)5/h10,17H,7-9H2,1-6H3. The van der Waals surface area contributed by atoms with Gasteiger partial charge in [0.05, 0.1) is 11.4 Å². The number of thiazole rings is 1. The van der Waals surface area contributed by atoms with Gasteiger partial charge in [-0.05, 0) is 34.6 Å². The number of imidazole rings is 1. The number of amides is 1. The summed E-state index contributed by atoms with van der Waals surface area (Å²) in [5, 5.41) is 5.49. The highest BCUT2D eigenvalue weighted by molar-refractivity contribution is 7.15. The van der Waals surface area contributed by atoms with Crippen LogP contribution in [0.15, 0.2) is 5.38 Å². The molecule has 0 aliphatic heterocycles. The molecule has 1 amide bonds. The number of carbonyl (C=O) groups is 1. The van der Waals surface area contributed by atoms with E-state index in [1.807, 2.05) is 27.7 Å². The molecule has 0 aliphatic rings. The summed E-state index contributed by atoms with van der Waals surface area (Å²) in [7, 11) is 1.75. The Morgan fingerprint density at radius 2 is 2.13 bits per heavy atom. The van der Waals surface area contributed by atoms with Gasteiger partial charge < -0.3 is 15.0 Å². The second-order valence-electron chi connectivity index (χ2n) is 6.72. The zero-order chi connectivity index (χ0) is 17.2. The minimum absolute atomic E-state index is 0.295. The van der Waals surface area contributed by atoms with Crippen molar-refractivity contribution in [1.82, 2.24) is 19.6 Å². The summed E-state index contributed by atoms with van der Waals surface area (Å²) in [6.45, 7) is 11.7. The Labute approximate surface area is 141 Å². The van der Waals surface area contributed by atoms with Gasteiger partial charge in [-0.25, -0.2) is 9.78 Å². The van der Waals surface area contributed by atoms with Crippen LogP contribution in [0.3, 0.4) is 0 Å². The van der Waals surface area contributed by atoms with E-state index in [4.69, 9.17) is 4.74 Å². The SMILES string of the molecule is Cc1nc2scc(C)n2c1CNCCN(C)C(=O)OC(C)(C)C. The maximum absolute atomic E-state index is 11.9. The van der Waals surface area contributed by atoms with Gasteiger partial charge in [-0.3, -0.25) is 4.40 Å². The number of aromatic nitrogens is 2. The molecule has 0 aliphatic carbocycles. The van der Waals surface area contributed by atoms with E-state index in [0.29, 0.717) is 13.1 Å². The Hall–Kier alpha value is -1.60. The average Bonchev–Trinajstić information content (AvgIpc) is 2.93. The molecular formula is C16H26N4O2S. The summed E-state index contributed by atoms with van der Waals surface area (Å²) in [4.78, 5) is 19.1. The van der Waals surface area contributed by atoms with Crippen LogP contribution in [0.2, 0.25) is 0 Å². The van der Waals surface area contributed by atoms with Crippen molar-refractivity contribution >= 4 is 22.4 Å². The molecule has 0 bridgehead atoms. The Kier molecular flexibility index (Phi) is 5.31. The first kappa shape index (κ1) is 17.7. The van der Waals surface area contributed by atoms with Crippen LogP contribution in [-0.4, -0.2) is 46.1 Å². The third-order valence-electron chi connectivity index (χ3n) is 3.45. The number of hydrogen-bond donors (Lipinski definition) is 1. The fraction of sp³-hybridized carbons (Fsp3) is 0.625. The Bertz CT molecular complexity index is 684. The number of nitrogens with zero attached hydrogens (tertiary/aromatic N) is 3. The van der Waals surface area contributed by atoms with Crippen LogP contribution in [0.4, 0.5) is 4.79 Å². The van der Waals surface area contributed by atoms with Gasteiger partial charge >= 0.3 is 6.09 Å². The first-order valence-electron chi connectivity index (χ1n) is 7.76. The number of ether oxygens (including phenoxy) is 1. The van der Waals surface area contributed by atoms with Crippen molar-refractivity contribution in [2.75, 3.05) is 20.1 Å². The molecule has 0 unspecified atom stereocenters. The highest BCUT2D eigenvalue weighted by Crippen LogP contribution is 2.20. The van der Waals surface area contributed by atoms with E-state index >= 15 is 0 Å². The molecule has 2 aromatic heterocycles. The zero-order valence-corrected chi connectivity index (χ0v) is 15.6. The molecule has 0 aromatic carbocycles. The second-order valence-corrected chi connectivity index (χ2v) is 7.55. The summed E-state index contributed by atoms with van der Waals surface area (Å²) >= 11 is 1.66. The van der Waals surface area contributed by atoms with Gasteiger partial charge in [-0.15, -0.1) is 11.3 Å². The minimum atomic E-state index is -0.463. The number of carbonyl (C=O) groups excluding carboxylic acids is 1. The first-order chi connectivity index (χ1) is 10.7. The number of aryl methyl sites for hydroxylation is 2. The largest absolute Gasteiger partial charge is 0.444 e. The lowest BCUT2D eigenvalue weighted by Gasteiger charge is -2.24. The van der Waals surface area contributed by atoms with Crippen LogP contribution in [0.1, 0.15) is 37.9 Å². The van der Waals surface area contributed by atoms with Gasteiger partial charge in [0, 0.05) is 37.8 Å². The molecule has 7 heteroatoms. The first-order valence-corrected chi connectivity index (χ1v) is 8.64. The number of nitrogens with one attached hydrogen (secondary N) is 1. The highest BCUT2D eigenvalue weighted by Gasteiger charge is 2.19. The molecule has 0 fully saturated rings. The molecule has 23 heavy (non-hydrogen) atoms. The molecule has 2 heterocycles. The maximum Gasteiger partial charge on any atom is 0.410 e. The van der Waals surface area contributed by atoms with Crippen molar-refractivity contribution in [2.24, 2.45) is 0 Å². The highest BCUT2D eigenvalue weighted by atomic mass is 32.1. The molecule has 0 saturated carbocycles. The van der Waals surface area contributed by atoms with Crippen molar-refractivity contribution in [1.29, 1.82) is 0 Å². The summed E-state index contributed by atoms with van der Waals surface area (Å²) in [5.74, 6) is 0. The van der Waals surface area contributed by atoms with Crippen molar-refractivity contribution in [3.05, 3.63) is 22.5 Å². The van der Waals surface area contributed by atoms with E-state index in [1.54, 1.807) is 23.3 Å². The zero-order valence-electron chi connectivity index (χ0n) is 14.8. The van der Waals surface area contributed by atoms with E-state index in [-0.39, 0.29) is 6.09 Å². The van der Waals surface area contributed by atoms with Gasteiger partial charge in [0.25, 0.3) is 0 Å². The Morgan fingerprint density at radius 3 is 2.78 bits per heavy atom. The number of likely N-dealkylation sites (N-methyl/N-ethyl adjacent to an activating group) is 1. The van der Waals surface area contributed by atoms with Crippen molar-refractivity contribution < 1.29 is 9.53 Å². The van der Waals surface area contributed by atoms with Gasteiger partial charge in [-0.2, -0.15) is 0 Å². The molecule has 0 spiro atoms. The molecular weight excluding hydrogens is 312 g/mol. The summed E-state index contributed by atoms with van der Waals surface area (Å²) in [5.41, 5.74) is 2.97. The van der Waals surface area contributed by atoms with Crippen molar-refractivity contribution in [3.63, 3.8) is 0 Å². The third-order valence-corrected chi connectivity index (χ3v) is 4.40. The van der Waals surface area contributed by atoms with E-state index < -0.39 is 5.60 Å². The predicted octanol–water partition coefficient (Wildman–Crippen LogP) is 2.97. The summed E-state index contributed by atoms with van der Waals surface area (Å²) < 4.78 is 7.52. The fourth-order valence-electron chi connectivity index (χ4n) is 2.26. The third kappa shape index (κ3) is 4.45. The maximum atomic E-state index is 11.9. The molecule has 0 saturated heterocycles. The molecule has 2 aromatic rings. The van der Waals surface area contributed by atoms with Crippen LogP contribution in [0, 0.1) is 13.8 Å². The number of fused-ring (bicyclic) bond motifs is 1. The van der Waals surface area contributed by atoms with Gasteiger partial charge in [0.1, 0.15) is 5.60 Å². The average molecular weight is 338 g/mol. The lowest BCUT2D eigenvalue weighted by atomic mass is 10.2. The van der Waals surface area contributed by atoms with Gasteiger partial charge in [-0.1, -0.05) is 0 Å². The Balaban J connectivity index is 1.84. The van der Waals surface area contributed by atoms with Crippen LogP contribution in [0.25, 0.3) is 4.96 Å². The van der Waals surface area contributed by atoms with Crippen LogP contribution in [0.5, 0.6) is 0 Å². The molecule has 2 rings (SSSR count). The normalized spacial score (nSPS) is 11.9. The smallest absolute Gasteiger partial charge is 0.410 e. The predicted molar refractivity (Wildman–Crippen MR) is 93.1 cm³/mol. The molecule has 6 nitrogen and oxygen atoms in total. The topological polar surface area (TPSA) is 58.9 Å². The fourth-order valence-corrected chi connectivity index (χ4v) is 3.19. The second kappa shape index (κ2) is 6.88. The molecule has 0 radical (unpaired) electrons. The van der Waals surface area contributed by atoms with E-state index in [2.05, 4.69) is 27.0 Å². The van der Waals surface area contributed by atoms with Gasteiger partial charge in [0.15, 0.2) is 4.96 Å². The molecule has 0 atom stereocenters. The van der Waals surface area contributed by atoms with Crippen LogP contribution in [-0.2, 0) is 11.3 Å². The van der Waals surface area contributed by atoms with E-state index in [0.717, 1.165) is 17.2 Å². The quantitative estimate of drug-likeness (QED) is 0.852. The van der Waals surface area contributed by atoms with Crippen LogP contribution < -0.4 is 5.32 Å². The van der Waals surface area contributed by atoms with Gasteiger partial charge in [0.2, 0.25) is 0 Å². The van der Waals surface area contributed by atoms with Crippen molar-refractivity contribution in [2.45, 2.75) is 46.8 Å². The molecule has 128 valence electrons. The lowest BCUT2D eigenvalue weighted by molar-refractivity contribution is 0.0300. The Morgan fingerprint density at radius 1 is 1.43 bits per heavy atom. The van der Waals surface area contributed by atoms with Crippen LogP contribution >= 0.6 is 11.3 Å². The monoisotopic (exact) mass is 338 g/mol. The number of hydrogen-bond acceptors (Lipinski definition) is 5. The minimum Gasteiger partial charge on any atom is -0.444 e. The van der Waals surface area contributed by atoms with E-state index in [9.17, 15) is 4.79 Å². The summed E-state index contributed by atoms with van der Waals surface area (Å²) in [6, 6.07) is 0. The van der Waals surface area contributed by atoms with Crippen molar-refractivity contribution in [3.8, 4) is 0 Å². The molecule has 1 N–H and O–H groups in total. The summed E-state index contributed by atoms with van der Waals surface area (Å²) in [6.07, 6.45) is -0.295. The van der Waals surface area contributed by atoms with E-state index in [1.165, 1.54) is 11.4 Å².